The van der Waals surface area contributed by atoms with Crippen molar-refractivity contribution < 1.29 is 28.9 Å². The van der Waals surface area contributed by atoms with E-state index < -0.39 is 17.7 Å². The predicted octanol–water partition coefficient (Wildman–Crippen LogP) is 4.41. The molecule has 2 aromatic carbocycles. The van der Waals surface area contributed by atoms with Crippen LogP contribution in [0.2, 0.25) is 0 Å². The Kier molecular flexibility index (Phi) is 9.07. The number of carbonyl (C=O) groups is 2. The Morgan fingerprint density at radius 3 is 2.00 bits per heavy atom. The van der Waals surface area contributed by atoms with E-state index >= 15 is 0 Å². The van der Waals surface area contributed by atoms with Crippen LogP contribution in [0.25, 0.3) is 5.76 Å². The summed E-state index contributed by atoms with van der Waals surface area (Å²) in [6.45, 7) is 12.1. The molecular weight excluding hydrogens is 484 g/mol. The average Bonchev–Trinajstić information content (AvgIpc) is 3.14. The van der Waals surface area contributed by atoms with Crippen LogP contribution in [0, 0.1) is 0 Å². The summed E-state index contributed by atoms with van der Waals surface area (Å²) in [6.07, 6.45) is 0.744. The first kappa shape index (κ1) is 27.7. The number of amides is 1. The van der Waals surface area contributed by atoms with Gasteiger partial charge >= 0.3 is 0 Å². The van der Waals surface area contributed by atoms with Crippen LogP contribution in [0.1, 0.15) is 51.3 Å². The number of ether oxygens (including phenoxy) is 3. The van der Waals surface area contributed by atoms with E-state index in [2.05, 4.69) is 4.90 Å². The minimum Gasteiger partial charge on any atom is -0.507 e. The van der Waals surface area contributed by atoms with Crippen molar-refractivity contribution in [3.8, 4) is 11.5 Å². The number of nitrogens with zero attached hydrogens (tertiary/aromatic N) is 2. The zero-order valence-electron chi connectivity index (χ0n) is 22.7. The number of morpholine rings is 1. The molecule has 1 atom stereocenters. The highest BCUT2D eigenvalue weighted by Crippen LogP contribution is 2.40. The Balaban J connectivity index is 1.65. The second kappa shape index (κ2) is 12.5. The fourth-order valence-corrected chi connectivity index (χ4v) is 4.87. The third kappa shape index (κ3) is 6.55. The van der Waals surface area contributed by atoms with Gasteiger partial charge in [0.05, 0.1) is 37.0 Å². The lowest BCUT2D eigenvalue weighted by atomic mass is 9.95. The fourth-order valence-electron chi connectivity index (χ4n) is 4.87. The first-order valence-corrected chi connectivity index (χ1v) is 13.4. The van der Waals surface area contributed by atoms with Crippen LogP contribution in [-0.4, -0.2) is 78.2 Å². The van der Waals surface area contributed by atoms with Crippen molar-refractivity contribution in [2.75, 3.05) is 39.4 Å². The summed E-state index contributed by atoms with van der Waals surface area (Å²) >= 11 is 0. The van der Waals surface area contributed by atoms with Gasteiger partial charge in [0.1, 0.15) is 17.3 Å². The van der Waals surface area contributed by atoms with Gasteiger partial charge in [0.25, 0.3) is 11.7 Å². The van der Waals surface area contributed by atoms with Gasteiger partial charge in [0.15, 0.2) is 0 Å². The van der Waals surface area contributed by atoms with Crippen LogP contribution in [0.5, 0.6) is 11.5 Å². The van der Waals surface area contributed by atoms with E-state index in [0.717, 1.165) is 25.2 Å². The lowest BCUT2D eigenvalue weighted by Crippen LogP contribution is -2.38. The van der Waals surface area contributed by atoms with Crippen molar-refractivity contribution in [3.05, 3.63) is 65.2 Å². The van der Waals surface area contributed by atoms with E-state index in [1.54, 1.807) is 29.2 Å². The largest absolute Gasteiger partial charge is 0.507 e. The van der Waals surface area contributed by atoms with Crippen LogP contribution in [0.15, 0.2) is 54.1 Å². The van der Waals surface area contributed by atoms with Crippen LogP contribution in [0.3, 0.4) is 0 Å². The molecule has 0 bridgehead atoms. The topological polar surface area (TPSA) is 88.5 Å². The quantitative estimate of drug-likeness (QED) is 0.281. The second-order valence-electron chi connectivity index (χ2n) is 10.2. The maximum atomic E-state index is 13.3. The molecule has 0 aromatic heterocycles. The number of rotatable bonds is 10. The van der Waals surface area contributed by atoms with E-state index in [1.807, 2.05) is 52.0 Å². The minimum atomic E-state index is -0.695. The number of aliphatic hydroxyl groups excluding tert-OH is 1. The molecule has 8 heteroatoms. The highest BCUT2D eigenvalue weighted by molar-refractivity contribution is 6.46. The number of ketones is 1. The monoisotopic (exact) mass is 522 g/mol. The van der Waals surface area contributed by atoms with Crippen molar-refractivity contribution in [1.29, 1.82) is 0 Å². The molecule has 1 N–H and O–H groups in total. The smallest absolute Gasteiger partial charge is 0.295 e. The number of benzene rings is 2. The van der Waals surface area contributed by atoms with Gasteiger partial charge in [0, 0.05) is 31.7 Å². The molecule has 2 aliphatic heterocycles. The lowest BCUT2D eigenvalue weighted by Gasteiger charge is -2.29. The van der Waals surface area contributed by atoms with Crippen LogP contribution in [-0.2, 0) is 14.3 Å². The Bertz CT molecular complexity index is 1130. The van der Waals surface area contributed by atoms with Gasteiger partial charge in [-0.2, -0.15) is 0 Å². The molecule has 204 valence electrons. The maximum Gasteiger partial charge on any atom is 0.295 e. The Labute approximate surface area is 224 Å². The van der Waals surface area contributed by atoms with Crippen LogP contribution < -0.4 is 9.47 Å². The zero-order valence-corrected chi connectivity index (χ0v) is 22.7. The van der Waals surface area contributed by atoms with Crippen molar-refractivity contribution >= 4 is 17.4 Å². The van der Waals surface area contributed by atoms with Crippen LogP contribution in [0.4, 0.5) is 0 Å². The molecule has 1 amide bonds. The Morgan fingerprint density at radius 2 is 1.45 bits per heavy atom. The number of likely N-dealkylation sites (tertiary alicyclic amines) is 1. The molecule has 2 aliphatic rings. The molecule has 2 aromatic rings. The second-order valence-corrected chi connectivity index (χ2v) is 10.2. The number of Topliss-reactive ketones (excluding diaryl/α,β-unsaturated/α-hetero) is 1. The molecule has 38 heavy (non-hydrogen) atoms. The van der Waals surface area contributed by atoms with Gasteiger partial charge in [-0.1, -0.05) is 12.1 Å². The number of aliphatic hydroxyl groups is 1. The van der Waals surface area contributed by atoms with Crippen molar-refractivity contribution in [1.82, 2.24) is 9.80 Å². The minimum absolute atomic E-state index is 0.0138. The highest BCUT2D eigenvalue weighted by Gasteiger charge is 2.45. The first-order chi connectivity index (χ1) is 18.2. The standard InChI is InChI=1S/C30H38N2O6/c1-20(2)37-24-10-6-22(7-11-24)27-26(28(33)23-8-12-25(13-9-23)38-21(3)4)29(34)30(35)32(27)15-5-14-31-16-18-36-19-17-31/h6-13,20-21,27,33H,5,14-19H2,1-4H3/b28-26+/t27-/m0/s1. The summed E-state index contributed by atoms with van der Waals surface area (Å²) in [7, 11) is 0. The summed E-state index contributed by atoms with van der Waals surface area (Å²) < 4.78 is 16.9. The molecular formula is C30H38N2O6. The normalized spacial score (nSPS) is 19.9. The molecule has 0 aliphatic carbocycles. The molecule has 0 radical (unpaired) electrons. The van der Waals surface area contributed by atoms with Crippen molar-refractivity contribution in [2.45, 2.75) is 52.4 Å². The van der Waals surface area contributed by atoms with E-state index in [9.17, 15) is 14.7 Å². The predicted molar refractivity (Wildman–Crippen MR) is 145 cm³/mol. The van der Waals surface area contributed by atoms with Crippen molar-refractivity contribution in [3.63, 3.8) is 0 Å². The van der Waals surface area contributed by atoms with E-state index in [1.165, 1.54) is 0 Å². The molecule has 0 saturated carbocycles. The van der Waals surface area contributed by atoms with E-state index in [0.29, 0.717) is 43.2 Å². The summed E-state index contributed by atoms with van der Waals surface area (Å²) in [6, 6.07) is 13.6. The van der Waals surface area contributed by atoms with Gasteiger partial charge in [0.2, 0.25) is 0 Å². The SMILES string of the molecule is CC(C)Oc1ccc(/C(O)=C2\C(=O)C(=O)N(CCCN3CCOCC3)[C@H]2c2ccc(OC(C)C)cc2)cc1. The molecule has 0 unspecified atom stereocenters. The van der Waals surface area contributed by atoms with E-state index in [-0.39, 0.29) is 23.5 Å². The highest BCUT2D eigenvalue weighted by atomic mass is 16.5. The molecule has 0 spiro atoms. The van der Waals surface area contributed by atoms with E-state index in [4.69, 9.17) is 14.2 Å². The summed E-state index contributed by atoms with van der Waals surface area (Å²) in [5, 5.41) is 11.3. The number of carbonyl (C=O) groups excluding carboxylic acids is 2. The van der Waals surface area contributed by atoms with Crippen LogP contribution >= 0.6 is 0 Å². The van der Waals surface area contributed by atoms with Crippen molar-refractivity contribution in [2.24, 2.45) is 0 Å². The van der Waals surface area contributed by atoms with Gasteiger partial charge in [-0.3, -0.25) is 14.5 Å². The third-order valence-corrected chi connectivity index (χ3v) is 6.58. The van der Waals surface area contributed by atoms with Gasteiger partial charge in [-0.05, 0) is 76.1 Å². The molecule has 2 fully saturated rings. The first-order valence-electron chi connectivity index (χ1n) is 13.4. The zero-order chi connectivity index (χ0) is 27.2. The van der Waals surface area contributed by atoms with Gasteiger partial charge in [-0.25, -0.2) is 0 Å². The molecule has 8 nitrogen and oxygen atoms in total. The Hall–Kier alpha value is -3.36. The fraction of sp³-hybridized carbons (Fsp3) is 0.467. The molecule has 4 rings (SSSR count). The summed E-state index contributed by atoms with van der Waals surface area (Å²) in [5.74, 6) is -0.0986. The summed E-state index contributed by atoms with van der Waals surface area (Å²) in [4.78, 5) is 30.5. The average molecular weight is 523 g/mol. The number of hydrogen-bond acceptors (Lipinski definition) is 7. The molecule has 2 heterocycles. The third-order valence-electron chi connectivity index (χ3n) is 6.58. The number of hydrogen-bond donors (Lipinski definition) is 1. The molecule has 2 saturated heterocycles. The summed E-state index contributed by atoms with van der Waals surface area (Å²) in [5.41, 5.74) is 1.29. The maximum absolute atomic E-state index is 13.3. The van der Waals surface area contributed by atoms with Gasteiger partial charge in [-0.15, -0.1) is 0 Å². The van der Waals surface area contributed by atoms with Gasteiger partial charge < -0.3 is 24.2 Å². The Morgan fingerprint density at radius 1 is 0.895 bits per heavy atom. The lowest BCUT2D eigenvalue weighted by molar-refractivity contribution is -0.140.